The summed E-state index contributed by atoms with van der Waals surface area (Å²) in [5, 5.41) is 22.8. The molecule has 1 atom stereocenters. The largest absolute Gasteiger partial charge is 0.508 e. The molecule has 0 aliphatic heterocycles. The minimum Gasteiger partial charge on any atom is -0.508 e. The lowest BCUT2D eigenvalue weighted by Crippen LogP contribution is -2.32. The van der Waals surface area contributed by atoms with Crippen molar-refractivity contribution in [3.05, 3.63) is 60.7 Å². The zero-order chi connectivity index (χ0) is 20.5. The summed E-state index contributed by atoms with van der Waals surface area (Å²) >= 11 is 0. The van der Waals surface area contributed by atoms with Gasteiger partial charge in [-0.25, -0.2) is 0 Å². The van der Waals surface area contributed by atoms with Crippen molar-refractivity contribution in [3.63, 3.8) is 0 Å². The van der Waals surface area contributed by atoms with E-state index < -0.39 is 6.10 Å². The van der Waals surface area contributed by atoms with Crippen molar-refractivity contribution in [2.24, 2.45) is 0 Å². The van der Waals surface area contributed by atoms with E-state index in [-0.39, 0.29) is 5.75 Å². The third-order valence-corrected chi connectivity index (χ3v) is 5.39. The lowest BCUT2D eigenvalue weighted by Gasteiger charge is -2.23. The second kappa shape index (κ2) is 7.88. The maximum atomic E-state index is 10.8. The number of phenols is 1. The summed E-state index contributed by atoms with van der Waals surface area (Å²) in [6.07, 6.45) is -0.587. The summed E-state index contributed by atoms with van der Waals surface area (Å²) in [6.45, 7) is 2.93. The van der Waals surface area contributed by atoms with Gasteiger partial charge in [-0.05, 0) is 24.3 Å². The van der Waals surface area contributed by atoms with Gasteiger partial charge in [0.15, 0.2) is 0 Å². The molecule has 4 rings (SSSR count). The topological polar surface area (TPSA) is 48.6 Å². The standard InChI is InChI=1S/C23H23B2N2O2/c1-25-16-7-9-23-21(11-16)20-10-15(24)6-8-22(20)27(23)14-19(29)13-26(2)17-4-3-5-18(28)12-17/h3-12,19,28-29H,13-14H2,1-2H3. The molecule has 6 heteroatoms. The highest BCUT2D eigenvalue weighted by atomic mass is 16.3. The molecule has 2 N–H and O–H groups in total. The van der Waals surface area contributed by atoms with E-state index in [4.69, 9.17) is 7.85 Å². The van der Waals surface area contributed by atoms with Gasteiger partial charge in [-0.15, -0.1) is 0 Å². The van der Waals surface area contributed by atoms with Crippen molar-refractivity contribution >= 4 is 53.5 Å². The second-order valence-electron chi connectivity index (χ2n) is 7.51. The van der Waals surface area contributed by atoms with Gasteiger partial charge in [0.1, 0.15) is 20.9 Å². The second-order valence-corrected chi connectivity index (χ2v) is 7.51. The molecule has 4 aromatic rings. The van der Waals surface area contributed by atoms with Crippen molar-refractivity contribution in [2.45, 2.75) is 19.5 Å². The fourth-order valence-electron chi connectivity index (χ4n) is 3.94. The van der Waals surface area contributed by atoms with Gasteiger partial charge in [0, 0.05) is 47.2 Å². The number of nitrogens with zero attached hydrogens (tertiary/aromatic N) is 2. The van der Waals surface area contributed by atoms with Crippen molar-refractivity contribution in [2.75, 3.05) is 18.5 Å². The molecule has 1 heterocycles. The fraction of sp³-hybridized carbons (Fsp3) is 0.217. The van der Waals surface area contributed by atoms with Gasteiger partial charge >= 0.3 is 0 Å². The van der Waals surface area contributed by atoms with Gasteiger partial charge in [0.25, 0.3) is 0 Å². The van der Waals surface area contributed by atoms with Crippen LogP contribution in [0.5, 0.6) is 5.75 Å². The summed E-state index contributed by atoms with van der Waals surface area (Å²) in [6, 6.07) is 19.3. The van der Waals surface area contributed by atoms with Crippen LogP contribution < -0.4 is 15.8 Å². The van der Waals surface area contributed by atoms with E-state index in [1.54, 1.807) is 18.2 Å². The summed E-state index contributed by atoms with van der Waals surface area (Å²) in [5.41, 5.74) is 4.88. The first-order valence-electron chi connectivity index (χ1n) is 9.75. The summed E-state index contributed by atoms with van der Waals surface area (Å²) in [5.74, 6) is 0.215. The Morgan fingerprint density at radius 1 is 1.03 bits per heavy atom. The first-order valence-corrected chi connectivity index (χ1v) is 9.75. The minimum absolute atomic E-state index is 0.215. The Hall–Kier alpha value is -2.85. The van der Waals surface area contributed by atoms with Crippen molar-refractivity contribution in [1.82, 2.24) is 4.57 Å². The molecule has 0 amide bonds. The Labute approximate surface area is 173 Å². The number of fused-ring (bicyclic) bond motifs is 3. The molecule has 0 aliphatic rings. The normalized spacial score (nSPS) is 12.4. The van der Waals surface area contributed by atoms with E-state index in [0.29, 0.717) is 13.1 Å². The van der Waals surface area contributed by atoms with Crippen LogP contribution in [0.4, 0.5) is 5.69 Å². The molecule has 0 bridgehead atoms. The molecule has 143 valence electrons. The number of aliphatic hydroxyl groups excluding tert-OH is 1. The summed E-state index contributed by atoms with van der Waals surface area (Å²) in [7, 11) is 10.0. The first-order chi connectivity index (χ1) is 14.0. The average Bonchev–Trinajstić information content (AvgIpc) is 3.00. The fourth-order valence-corrected chi connectivity index (χ4v) is 3.94. The number of benzene rings is 3. The van der Waals surface area contributed by atoms with Crippen LogP contribution in [0, 0.1) is 0 Å². The van der Waals surface area contributed by atoms with E-state index in [1.165, 1.54) is 0 Å². The molecule has 0 saturated carbocycles. The Morgan fingerprint density at radius 2 is 1.76 bits per heavy atom. The Bertz CT molecular complexity index is 1170. The minimum atomic E-state index is -0.587. The van der Waals surface area contributed by atoms with Gasteiger partial charge in [-0.1, -0.05) is 48.1 Å². The monoisotopic (exact) mass is 381 g/mol. The quantitative estimate of drug-likeness (QED) is 0.504. The molecule has 0 aliphatic carbocycles. The van der Waals surface area contributed by atoms with Crippen LogP contribution in [0.3, 0.4) is 0 Å². The molecule has 0 fully saturated rings. The summed E-state index contributed by atoms with van der Waals surface area (Å²) in [4.78, 5) is 1.94. The molecule has 0 spiro atoms. The highest BCUT2D eigenvalue weighted by Gasteiger charge is 2.16. The number of rotatable bonds is 6. The number of hydrogen-bond acceptors (Lipinski definition) is 3. The lowest BCUT2D eigenvalue weighted by molar-refractivity contribution is 0.163. The third-order valence-electron chi connectivity index (χ3n) is 5.39. The molecular formula is C23H23B2N2O2. The number of aliphatic hydroxyl groups is 1. The van der Waals surface area contributed by atoms with E-state index in [0.717, 1.165) is 38.4 Å². The number of anilines is 1. The maximum absolute atomic E-state index is 10.8. The van der Waals surface area contributed by atoms with Crippen LogP contribution in [-0.4, -0.2) is 49.6 Å². The van der Waals surface area contributed by atoms with Gasteiger partial charge in [0.05, 0.1) is 12.6 Å². The number of likely N-dealkylation sites (N-methyl/N-ethyl adjacent to an activating group) is 1. The zero-order valence-corrected chi connectivity index (χ0v) is 16.7. The van der Waals surface area contributed by atoms with Crippen LogP contribution in [0.25, 0.3) is 21.8 Å². The molecule has 3 aromatic carbocycles. The highest BCUT2D eigenvalue weighted by Crippen LogP contribution is 2.28. The lowest BCUT2D eigenvalue weighted by atomic mass is 9.73. The molecule has 29 heavy (non-hydrogen) atoms. The van der Waals surface area contributed by atoms with Crippen LogP contribution in [0.1, 0.15) is 0 Å². The van der Waals surface area contributed by atoms with E-state index in [9.17, 15) is 10.2 Å². The summed E-state index contributed by atoms with van der Waals surface area (Å²) < 4.78 is 2.16. The molecule has 0 saturated heterocycles. The SMILES string of the molecule is [B]c1ccc2c(c1)c1cc([B]C)ccc1n2CC(O)CN(C)c1cccc(O)c1. The number of hydrogen-bond donors (Lipinski definition) is 2. The van der Waals surface area contributed by atoms with Crippen LogP contribution >= 0.6 is 0 Å². The third kappa shape index (κ3) is 3.85. The Kier molecular flexibility index (Phi) is 5.29. The molecule has 4 nitrogen and oxygen atoms in total. The number of phenolic OH excluding ortho intramolecular Hbond substituents is 1. The van der Waals surface area contributed by atoms with Gasteiger partial charge in [-0.2, -0.15) is 0 Å². The highest BCUT2D eigenvalue weighted by molar-refractivity contribution is 6.52. The first kappa shape index (κ1) is 19.5. The maximum Gasteiger partial charge on any atom is 0.148 e. The Balaban J connectivity index is 1.67. The predicted octanol–water partition coefficient (Wildman–Crippen LogP) is 2.17. The van der Waals surface area contributed by atoms with E-state index in [2.05, 4.69) is 30.0 Å². The molecule has 1 aromatic heterocycles. The molecular weight excluding hydrogens is 358 g/mol. The van der Waals surface area contributed by atoms with Crippen LogP contribution in [0.15, 0.2) is 60.7 Å². The number of aromatic hydroxyl groups is 1. The van der Waals surface area contributed by atoms with E-state index >= 15 is 0 Å². The smallest absolute Gasteiger partial charge is 0.148 e. The molecule has 3 radical (unpaired) electrons. The number of aromatic nitrogens is 1. The molecule has 1 unspecified atom stereocenters. The van der Waals surface area contributed by atoms with Gasteiger partial charge in [0.2, 0.25) is 0 Å². The van der Waals surface area contributed by atoms with Gasteiger partial charge < -0.3 is 19.7 Å². The predicted molar refractivity (Wildman–Crippen MR) is 123 cm³/mol. The van der Waals surface area contributed by atoms with E-state index in [1.807, 2.05) is 43.0 Å². The average molecular weight is 381 g/mol. The Morgan fingerprint density at radius 3 is 2.48 bits per heavy atom. The van der Waals surface area contributed by atoms with Crippen molar-refractivity contribution in [1.29, 1.82) is 0 Å². The van der Waals surface area contributed by atoms with Crippen molar-refractivity contribution in [3.8, 4) is 5.75 Å². The van der Waals surface area contributed by atoms with Crippen molar-refractivity contribution < 1.29 is 10.2 Å². The zero-order valence-electron chi connectivity index (χ0n) is 16.7. The van der Waals surface area contributed by atoms with Crippen LogP contribution in [-0.2, 0) is 6.54 Å². The van der Waals surface area contributed by atoms with Crippen LogP contribution in [0.2, 0.25) is 6.82 Å². The van der Waals surface area contributed by atoms with Gasteiger partial charge in [-0.3, -0.25) is 0 Å².